The van der Waals surface area contributed by atoms with Crippen molar-refractivity contribution in [3.05, 3.63) is 63.6 Å². The molecule has 0 saturated heterocycles. The van der Waals surface area contributed by atoms with Crippen molar-refractivity contribution < 1.29 is 4.74 Å². The van der Waals surface area contributed by atoms with Crippen molar-refractivity contribution in [1.82, 2.24) is 10.2 Å². The highest BCUT2D eigenvalue weighted by Gasteiger charge is 2.07. The van der Waals surface area contributed by atoms with E-state index in [1.54, 1.807) is 0 Å². The Morgan fingerprint density at radius 3 is 2.23 bits per heavy atom. The zero-order chi connectivity index (χ0) is 21.6. The van der Waals surface area contributed by atoms with Crippen LogP contribution in [0.4, 0.5) is 0 Å². The summed E-state index contributed by atoms with van der Waals surface area (Å²) in [6, 6.07) is 14.8. The largest absolute Gasteiger partial charge is 0.489 e. The van der Waals surface area contributed by atoms with E-state index < -0.39 is 0 Å². The maximum Gasteiger partial charge on any atom is 0.124 e. The molecule has 0 aliphatic carbocycles. The number of nitrogens with zero attached hydrogens (tertiary/aromatic N) is 1. The molecule has 1 N–H and O–H groups in total. The van der Waals surface area contributed by atoms with Crippen LogP contribution in [-0.4, -0.2) is 31.1 Å². The average molecular weight is 476 g/mol. The maximum atomic E-state index is 6.13. The number of hydrogen-bond acceptors (Lipinski definition) is 3. The predicted octanol–water partition coefficient (Wildman–Crippen LogP) is 6.72. The lowest BCUT2D eigenvalue weighted by atomic mass is 10.1. The van der Waals surface area contributed by atoms with Crippen molar-refractivity contribution in [3.8, 4) is 5.75 Å². The van der Waals surface area contributed by atoms with Gasteiger partial charge >= 0.3 is 0 Å². The van der Waals surface area contributed by atoms with Gasteiger partial charge in [-0.1, -0.05) is 72.4 Å². The van der Waals surface area contributed by atoms with E-state index in [2.05, 4.69) is 83.3 Å². The molecule has 3 nitrogen and oxygen atoms in total. The Balaban J connectivity index is 1.79. The summed E-state index contributed by atoms with van der Waals surface area (Å²) in [5.41, 5.74) is 3.67. The van der Waals surface area contributed by atoms with Crippen molar-refractivity contribution in [1.29, 1.82) is 0 Å². The monoisotopic (exact) mass is 474 g/mol. The summed E-state index contributed by atoms with van der Waals surface area (Å²) in [6.07, 6.45) is 6.33. The molecule has 2 aromatic carbocycles. The molecule has 30 heavy (non-hydrogen) atoms. The first-order valence-corrected chi connectivity index (χ1v) is 12.3. The Morgan fingerprint density at radius 2 is 1.57 bits per heavy atom. The molecule has 166 valence electrons. The van der Waals surface area contributed by atoms with Gasteiger partial charge in [-0.3, -0.25) is 0 Å². The topological polar surface area (TPSA) is 24.5 Å². The molecule has 2 aromatic rings. The van der Waals surface area contributed by atoms with Crippen LogP contribution in [0.25, 0.3) is 0 Å². The minimum Gasteiger partial charge on any atom is -0.489 e. The SMILES string of the molecule is CCCCN(CCCC)CCCNCc1cc(Br)ccc1OCc1ccc(C)cc1. The van der Waals surface area contributed by atoms with Gasteiger partial charge in [0.15, 0.2) is 0 Å². The number of rotatable bonds is 15. The van der Waals surface area contributed by atoms with E-state index in [0.717, 1.165) is 23.3 Å². The molecule has 0 unspecified atom stereocenters. The van der Waals surface area contributed by atoms with E-state index in [0.29, 0.717) is 6.61 Å². The first-order valence-electron chi connectivity index (χ1n) is 11.5. The number of unbranched alkanes of at least 4 members (excludes halogenated alkanes) is 2. The highest BCUT2D eigenvalue weighted by atomic mass is 79.9. The second kappa shape index (κ2) is 14.6. The fraction of sp³-hybridized carbons (Fsp3) is 0.538. The molecule has 2 rings (SSSR count). The number of benzene rings is 2. The van der Waals surface area contributed by atoms with E-state index in [1.807, 2.05) is 6.07 Å². The zero-order valence-corrected chi connectivity index (χ0v) is 20.6. The second-order valence-corrected chi connectivity index (χ2v) is 9.02. The highest BCUT2D eigenvalue weighted by Crippen LogP contribution is 2.24. The van der Waals surface area contributed by atoms with Gasteiger partial charge in [-0.2, -0.15) is 0 Å². The minimum atomic E-state index is 0.596. The number of aryl methyl sites for hydroxylation is 1. The van der Waals surface area contributed by atoms with Gasteiger partial charge in [0.2, 0.25) is 0 Å². The highest BCUT2D eigenvalue weighted by molar-refractivity contribution is 9.10. The quantitative estimate of drug-likeness (QED) is 0.290. The molecule has 0 radical (unpaired) electrons. The molecule has 0 atom stereocenters. The van der Waals surface area contributed by atoms with Gasteiger partial charge in [0.25, 0.3) is 0 Å². The summed E-state index contributed by atoms with van der Waals surface area (Å²) in [5, 5.41) is 3.62. The van der Waals surface area contributed by atoms with E-state index in [-0.39, 0.29) is 0 Å². The lowest BCUT2D eigenvalue weighted by molar-refractivity contribution is 0.260. The molecule has 0 aliphatic rings. The van der Waals surface area contributed by atoms with Crippen LogP contribution in [0.2, 0.25) is 0 Å². The molecule has 0 heterocycles. The minimum absolute atomic E-state index is 0.596. The Bertz CT molecular complexity index is 709. The first kappa shape index (κ1) is 24.9. The normalized spacial score (nSPS) is 11.2. The number of hydrogen-bond donors (Lipinski definition) is 1. The van der Waals surface area contributed by atoms with Crippen LogP contribution in [0, 0.1) is 6.92 Å². The van der Waals surface area contributed by atoms with Gasteiger partial charge in [-0.05, 0) is 76.1 Å². The predicted molar refractivity (Wildman–Crippen MR) is 132 cm³/mol. The summed E-state index contributed by atoms with van der Waals surface area (Å²) in [6.45, 7) is 12.8. The fourth-order valence-corrected chi connectivity index (χ4v) is 3.83. The standard InChI is InChI=1S/C26H39BrN2O/c1-4-6-16-29(17-7-5-2)18-8-15-28-20-24-19-25(27)13-14-26(24)30-21-23-11-9-22(3)10-12-23/h9-14,19,28H,4-8,15-18,20-21H2,1-3H3. The lowest BCUT2D eigenvalue weighted by Gasteiger charge is -2.22. The van der Waals surface area contributed by atoms with Crippen LogP contribution in [0.1, 0.15) is 62.6 Å². The van der Waals surface area contributed by atoms with Gasteiger partial charge in [0, 0.05) is 16.6 Å². The van der Waals surface area contributed by atoms with E-state index in [4.69, 9.17) is 4.74 Å². The van der Waals surface area contributed by atoms with Crippen LogP contribution < -0.4 is 10.1 Å². The van der Waals surface area contributed by atoms with E-state index >= 15 is 0 Å². The molecular formula is C26H39BrN2O. The number of halogens is 1. The molecule has 0 fully saturated rings. The summed E-state index contributed by atoms with van der Waals surface area (Å²) >= 11 is 3.60. The first-order chi connectivity index (χ1) is 14.6. The number of ether oxygens (including phenoxy) is 1. The Morgan fingerprint density at radius 1 is 0.900 bits per heavy atom. The maximum absolute atomic E-state index is 6.13. The van der Waals surface area contributed by atoms with Crippen molar-refractivity contribution >= 4 is 15.9 Å². The van der Waals surface area contributed by atoms with E-state index in [1.165, 1.54) is 68.4 Å². The smallest absolute Gasteiger partial charge is 0.124 e. The van der Waals surface area contributed by atoms with Gasteiger partial charge in [-0.15, -0.1) is 0 Å². The molecule has 4 heteroatoms. The van der Waals surface area contributed by atoms with Gasteiger partial charge in [0.1, 0.15) is 12.4 Å². The molecule has 0 saturated carbocycles. The van der Waals surface area contributed by atoms with Crippen molar-refractivity contribution in [2.45, 2.75) is 66.0 Å². The summed E-state index contributed by atoms with van der Waals surface area (Å²) in [4.78, 5) is 2.63. The summed E-state index contributed by atoms with van der Waals surface area (Å²) < 4.78 is 7.22. The second-order valence-electron chi connectivity index (χ2n) is 8.11. The van der Waals surface area contributed by atoms with Crippen molar-refractivity contribution in [2.75, 3.05) is 26.2 Å². The van der Waals surface area contributed by atoms with Crippen LogP contribution in [0.3, 0.4) is 0 Å². The van der Waals surface area contributed by atoms with Gasteiger partial charge < -0.3 is 15.0 Å². The molecule has 0 aliphatic heterocycles. The third-order valence-electron chi connectivity index (χ3n) is 5.34. The van der Waals surface area contributed by atoms with Crippen molar-refractivity contribution in [3.63, 3.8) is 0 Å². The van der Waals surface area contributed by atoms with Crippen molar-refractivity contribution in [2.24, 2.45) is 0 Å². The average Bonchev–Trinajstić information content (AvgIpc) is 2.75. The van der Waals surface area contributed by atoms with Crippen LogP contribution >= 0.6 is 15.9 Å². The Labute approximate surface area is 192 Å². The fourth-order valence-electron chi connectivity index (χ4n) is 3.42. The van der Waals surface area contributed by atoms with Gasteiger partial charge in [-0.25, -0.2) is 0 Å². The van der Waals surface area contributed by atoms with Crippen LogP contribution in [0.5, 0.6) is 5.75 Å². The third-order valence-corrected chi connectivity index (χ3v) is 5.83. The lowest BCUT2D eigenvalue weighted by Crippen LogP contribution is -2.29. The van der Waals surface area contributed by atoms with Crippen LogP contribution in [0.15, 0.2) is 46.9 Å². The summed E-state index contributed by atoms with van der Waals surface area (Å²) in [5.74, 6) is 0.957. The zero-order valence-electron chi connectivity index (χ0n) is 19.1. The molecule has 0 bridgehead atoms. The number of nitrogens with one attached hydrogen (secondary N) is 1. The molecule has 0 spiro atoms. The van der Waals surface area contributed by atoms with E-state index in [9.17, 15) is 0 Å². The molecular weight excluding hydrogens is 436 g/mol. The summed E-state index contributed by atoms with van der Waals surface area (Å²) in [7, 11) is 0. The Hall–Kier alpha value is -1.36. The molecule has 0 aromatic heterocycles. The van der Waals surface area contributed by atoms with Crippen LogP contribution in [-0.2, 0) is 13.2 Å². The third kappa shape index (κ3) is 9.63. The Kier molecular flexibility index (Phi) is 12.1. The van der Waals surface area contributed by atoms with Gasteiger partial charge in [0.05, 0.1) is 0 Å². The molecule has 0 amide bonds.